The van der Waals surface area contributed by atoms with Crippen molar-refractivity contribution in [2.75, 3.05) is 0 Å². The highest BCUT2D eigenvalue weighted by molar-refractivity contribution is 9.10. The smallest absolute Gasteiger partial charge is 0.170 e. The highest BCUT2D eigenvalue weighted by Gasteiger charge is 2.02. The second kappa shape index (κ2) is 2.57. The van der Waals surface area contributed by atoms with Crippen LogP contribution in [0, 0.1) is 11.3 Å². The van der Waals surface area contributed by atoms with Crippen LogP contribution >= 0.6 is 15.9 Å². The summed E-state index contributed by atoms with van der Waals surface area (Å²) < 4.78 is 2.34. The van der Waals surface area contributed by atoms with Crippen molar-refractivity contribution in [3.8, 4) is 6.07 Å². The molecule has 4 nitrogen and oxygen atoms in total. The van der Waals surface area contributed by atoms with E-state index in [2.05, 4.69) is 25.9 Å². The fourth-order valence-electron chi connectivity index (χ4n) is 0.947. The molecule has 12 heavy (non-hydrogen) atoms. The fourth-order valence-corrected chi connectivity index (χ4v) is 1.45. The second-order valence-corrected chi connectivity index (χ2v) is 2.94. The van der Waals surface area contributed by atoms with Crippen molar-refractivity contribution in [2.24, 2.45) is 0 Å². The normalized spacial score (nSPS) is 10.0. The molecule has 2 heterocycles. The van der Waals surface area contributed by atoms with Crippen molar-refractivity contribution in [2.45, 2.75) is 0 Å². The third-order valence-electron chi connectivity index (χ3n) is 1.45. The number of rotatable bonds is 0. The third-order valence-corrected chi connectivity index (χ3v) is 1.98. The van der Waals surface area contributed by atoms with Gasteiger partial charge in [-0.15, -0.1) is 0 Å². The van der Waals surface area contributed by atoms with Crippen LogP contribution in [-0.2, 0) is 0 Å². The first-order chi connectivity index (χ1) is 5.81. The quantitative estimate of drug-likeness (QED) is 0.677. The highest BCUT2D eigenvalue weighted by Crippen LogP contribution is 2.13. The van der Waals surface area contributed by atoms with Crippen LogP contribution < -0.4 is 0 Å². The number of hydrogen-bond acceptors (Lipinski definition) is 3. The van der Waals surface area contributed by atoms with Crippen molar-refractivity contribution >= 4 is 21.6 Å². The molecule has 0 aliphatic rings. The molecule has 0 saturated heterocycles. The molecule has 0 spiro atoms. The molecule has 2 rings (SSSR count). The fraction of sp³-hybridized carbons (Fsp3) is 0. The Hall–Kier alpha value is -1.41. The summed E-state index contributed by atoms with van der Waals surface area (Å²) in [7, 11) is 0. The summed E-state index contributed by atoms with van der Waals surface area (Å²) >= 11 is 3.22. The largest absolute Gasteiger partial charge is 0.302 e. The molecule has 0 aliphatic heterocycles. The van der Waals surface area contributed by atoms with E-state index in [-0.39, 0.29) is 0 Å². The molecule has 0 fully saturated rings. The molecule has 0 N–H and O–H groups in total. The van der Waals surface area contributed by atoms with Gasteiger partial charge in [0, 0.05) is 18.6 Å². The summed E-state index contributed by atoms with van der Waals surface area (Å²) in [6.07, 6.45) is 5.05. The van der Waals surface area contributed by atoms with Crippen molar-refractivity contribution < 1.29 is 0 Å². The van der Waals surface area contributed by atoms with E-state index in [1.807, 2.05) is 6.07 Å². The van der Waals surface area contributed by atoms with E-state index in [4.69, 9.17) is 5.26 Å². The van der Waals surface area contributed by atoms with Gasteiger partial charge in [-0.3, -0.25) is 0 Å². The number of nitriles is 1. The monoisotopic (exact) mass is 222 g/mol. The first-order valence-corrected chi connectivity index (χ1v) is 4.00. The molecule has 0 aromatic carbocycles. The molecular weight excluding hydrogens is 220 g/mol. The molecule has 0 bridgehead atoms. The van der Waals surface area contributed by atoms with E-state index < -0.39 is 0 Å². The van der Waals surface area contributed by atoms with Gasteiger partial charge >= 0.3 is 0 Å². The summed E-state index contributed by atoms with van der Waals surface area (Å²) in [5.41, 5.74) is 1.08. The summed E-state index contributed by atoms with van der Waals surface area (Å²) in [5.74, 6) is 0. The van der Waals surface area contributed by atoms with E-state index >= 15 is 0 Å². The summed E-state index contributed by atoms with van der Waals surface area (Å²) in [4.78, 5) is 8.00. The van der Waals surface area contributed by atoms with Gasteiger partial charge in [-0.05, 0) is 15.9 Å². The topological polar surface area (TPSA) is 54.0 Å². The molecule has 2 aromatic heterocycles. The van der Waals surface area contributed by atoms with Gasteiger partial charge in [0.1, 0.15) is 6.07 Å². The van der Waals surface area contributed by atoms with Crippen LogP contribution in [0.25, 0.3) is 5.65 Å². The number of hydrogen-bond donors (Lipinski definition) is 0. The van der Waals surface area contributed by atoms with E-state index in [9.17, 15) is 0 Å². The summed E-state index contributed by atoms with van der Waals surface area (Å²) in [5, 5.41) is 8.59. The Labute approximate surface area is 76.6 Å². The zero-order valence-corrected chi connectivity index (χ0v) is 7.48. The van der Waals surface area contributed by atoms with E-state index in [1.165, 1.54) is 0 Å². The maximum absolute atomic E-state index is 8.59. The molecule has 0 radical (unpaired) electrons. The van der Waals surface area contributed by atoms with Gasteiger partial charge in [0.15, 0.2) is 15.9 Å². The average molecular weight is 223 g/mol. The predicted molar refractivity (Wildman–Crippen MR) is 45.4 cm³/mol. The molecule has 0 aliphatic carbocycles. The van der Waals surface area contributed by atoms with E-state index in [1.54, 1.807) is 23.0 Å². The van der Waals surface area contributed by atoms with Crippen LogP contribution in [0.1, 0.15) is 5.69 Å². The molecule has 0 amide bonds. The second-order valence-electron chi connectivity index (χ2n) is 2.19. The molecule has 2 aromatic rings. The van der Waals surface area contributed by atoms with Crippen molar-refractivity contribution in [3.05, 3.63) is 28.9 Å². The van der Waals surface area contributed by atoms with Crippen molar-refractivity contribution in [1.82, 2.24) is 14.4 Å². The van der Waals surface area contributed by atoms with Gasteiger partial charge in [0.25, 0.3) is 0 Å². The molecule has 58 valence electrons. The van der Waals surface area contributed by atoms with Crippen molar-refractivity contribution in [1.29, 1.82) is 5.26 Å². The van der Waals surface area contributed by atoms with Crippen LogP contribution in [0.5, 0.6) is 0 Å². The highest BCUT2D eigenvalue weighted by atomic mass is 79.9. The average Bonchev–Trinajstić information content (AvgIpc) is 2.52. The SMILES string of the molecule is N#Cc1cn2ccnc2c(Br)n1. The standard InChI is InChI=1S/C7H3BrN4/c8-6-7-10-1-2-12(7)4-5(3-9)11-6/h1-2,4H. The Morgan fingerprint density at radius 3 is 3.17 bits per heavy atom. The number of fused-ring (bicyclic) bond motifs is 1. The molecule has 0 unspecified atom stereocenters. The van der Waals surface area contributed by atoms with Gasteiger partial charge in [-0.25, -0.2) is 9.97 Å². The van der Waals surface area contributed by atoms with Gasteiger partial charge in [-0.1, -0.05) is 0 Å². The Bertz CT molecular complexity index is 468. The minimum atomic E-state index is 0.368. The zero-order chi connectivity index (χ0) is 8.55. The number of nitrogens with zero attached hydrogens (tertiary/aromatic N) is 4. The first kappa shape index (κ1) is 7.25. The minimum absolute atomic E-state index is 0.368. The maximum atomic E-state index is 8.59. The molecular formula is C7H3BrN4. The lowest BCUT2D eigenvalue weighted by Crippen LogP contribution is -1.91. The molecule has 5 heteroatoms. The maximum Gasteiger partial charge on any atom is 0.170 e. The van der Waals surface area contributed by atoms with Crippen LogP contribution in [0.15, 0.2) is 23.2 Å². The minimum Gasteiger partial charge on any atom is -0.302 e. The Kier molecular flexibility index (Phi) is 1.55. The number of imidazole rings is 1. The van der Waals surface area contributed by atoms with E-state index in [0.717, 1.165) is 0 Å². The zero-order valence-electron chi connectivity index (χ0n) is 5.90. The molecule has 0 saturated carbocycles. The van der Waals surface area contributed by atoms with Crippen LogP contribution in [0.4, 0.5) is 0 Å². The number of aromatic nitrogens is 3. The number of halogens is 1. The van der Waals surface area contributed by atoms with Gasteiger partial charge in [-0.2, -0.15) is 5.26 Å². The predicted octanol–water partition coefficient (Wildman–Crippen LogP) is 1.36. The summed E-state index contributed by atoms with van der Waals surface area (Å²) in [6, 6.07) is 1.96. The van der Waals surface area contributed by atoms with Crippen LogP contribution in [0.3, 0.4) is 0 Å². The van der Waals surface area contributed by atoms with Gasteiger partial charge < -0.3 is 4.40 Å². The lowest BCUT2D eigenvalue weighted by Gasteiger charge is -1.95. The van der Waals surface area contributed by atoms with Gasteiger partial charge in [0.2, 0.25) is 0 Å². The van der Waals surface area contributed by atoms with Crippen LogP contribution in [-0.4, -0.2) is 14.4 Å². The third kappa shape index (κ3) is 0.970. The molecule has 0 atom stereocenters. The Morgan fingerprint density at radius 1 is 1.58 bits per heavy atom. The Balaban J connectivity index is 2.86. The van der Waals surface area contributed by atoms with Crippen molar-refractivity contribution in [3.63, 3.8) is 0 Å². The van der Waals surface area contributed by atoms with E-state index in [0.29, 0.717) is 15.9 Å². The first-order valence-electron chi connectivity index (χ1n) is 3.20. The summed E-state index contributed by atoms with van der Waals surface area (Å²) in [6.45, 7) is 0. The van der Waals surface area contributed by atoms with Gasteiger partial charge in [0.05, 0.1) is 0 Å². The van der Waals surface area contributed by atoms with Crippen LogP contribution in [0.2, 0.25) is 0 Å². The lowest BCUT2D eigenvalue weighted by atomic mass is 10.5. The lowest BCUT2D eigenvalue weighted by molar-refractivity contribution is 1.08. The Morgan fingerprint density at radius 2 is 2.42 bits per heavy atom.